The molecule has 1 heterocycles. The van der Waals surface area contributed by atoms with E-state index in [9.17, 15) is 12.8 Å². The van der Waals surface area contributed by atoms with Crippen LogP contribution < -0.4 is 10.0 Å². The maximum Gasteiger partial charge on any atom is 0.240 e. The maximum atomic E-state index is 14.0. The van der Waals surface area contributed by atoms with Crippen LogP contribution in [0.3, 0.4) is 0 Å². The minimum absolute atomic E-state index is 0.102. The first-order valence-corrected chi connectivity index (χ1v) is 11.2. The first kappa shape index (κ1) is 19.4. The molecule has 28 heavy (non-hydrogen) atoms. The number of benzene rings is 2. The smallest absolute Gasteiger partial charge is 0.240 e. The van der Waals surface area contributed by atoms with E-state index in [0.717, 1.165) is 36.1 Å². The quantitative estimate of drug-likeness (QED) is 0.694. The molecule has 0 radical (unpaired) electrons. The average molecular weight is 421 g/mol. The lowest BCUT2D eigenvalue weighted by Crippen LogP contribution is -2.45. The molecule has 1 aliphatic heterocycles. The van der Waals surface area contributed by atoms with Gasteiger partial charge >= 0.3 is 0 Å². The number of sulfonamides is 1. The first-order chi connectivity index (χ1) is 13.3. The normalized spacial score (nSPS) is 23.8. The zero-order valence-corrected chi connectivity index (χ0v) is 16.9. The topological polar surface area (TPSA) is 58.2 Å². The molecule has 2 N–H and O–H groups in total. The molecule has 0 amide bonds. The van der Waals surface area contributed by atoms with Crippen LogP contribution in [-0.2, 0) is 15.4 Å². The molecular weight excluding hydrogens is 399 g/mol. The summed E-state index contributed by atoms with van der Waals surface area (Å²) >= 11 is 5.84. The van der Waals surface area contributed by atoms with E-state index >= 15 is 0 Å². The molecule has 2 aromatic rings. The standard InChI is InChI=1S/C21H22ClFN2O2S/c1-14-3-2-4-20-21(14,18-13-16(23)7-10-19(18)25-20)11-12-24-28(26,27)17-8-5-15(22)6-9-17/h5-10,13,20,24-25H,1-4,11-12H2. The van der Waals surface area contributed by atoms with E-state index in [1.165, 1.54) is 18.2 Å². The summed E-state index contributed by atoms with van der Waals surface area (Å²) in [5.74, 6) is -0.291. The number of nitrogens with one attached hydrogen (secondary N) is 2. The second kappa shape index (κ2) is 7.17. The van der Waals surface area contributed by atoms with Crippen molar-refractivity contribution in [1.82, 2.24) is 4.72 Å². The lowest BCUT2D eigenvalue weighted by atomic mass is 9.63. The second-order valence-corrected chi connectivity index (χ2v) is 9.66. The molecule has 7 heteroatoms. The molecule has 0 bridgehead atoms. The van der Waals surface area contributed by atoms with Crippen LogP contribution in [0.2, 0.25) is 5.02 Å². The van der Waals surface area contributed by atoms with Crippen LogP contribution in [0.1, 0.15) is 31.2 Å². The van der Waals surface area contributed by atoms with Crippen LogP contribution in [0, 0.1) is 5.82 Å². The van der Waals surface area contributed by atoms with E-state index in [1.54, 1.807) is 24.3 Å². The molecule has 148 valence electrons. The molecule has 0 saturated heterocycles. The van der Waals surface area contributed by atoms with E-state index in [4.69, 9.17) is 11.6 Å². The van der Waals surface area contributed by atoms with Crippen molar-refractivity contribution in [2.45, 2.75) is 42.0 Å². The van der Waals surface area contributed by atoms with E-state index in [1.807, 2.05) is 0 Å². The Bertz CT molecular complexity index is 1020. The summed E-state index contributed by atoms with van der Waals surface area (Å²) in [6.07, 6.45) is 3.34. The molecule has 0 spiro atoms. The summed E-state index contributed by atoms with van der Waals surface area (Å²) in [5.41, 5.74) is 2.37. The Labute approximate surface area is 169 Å². The van der Waals surface area contributed by atoms with Gasteiger partial charge in [0, 0.05) is 28.7 Å². The van der Waals surface area contributed by atoms with Gasteiger partial charge in [-0.1, -0.05) is 23.8 Å². The lowest BCUT2D eigenvalue weighted by molar-refractivity contribution is 0.343. The summed E-state index contributed by atoms with van der Waals surface area (Å²) in [7, 11) is -3.65. The zero-order chi connectivity index (χ0) is 19.9. The predicted molar refractivity (Wildman–Crippen MR) is 110 cm³/mol. The summed E-state index contributed by atoms with van der Waals surface area (Å²) in [6, 6.07) is 10.9. The first-order valence-electron chi connectivity index (χ1n) is 9.33. The lowest BCUT2D eigenvalue weighted by Gasteiger charge is -2.42. The van der Waals surface area contributed by atoms with Crippen molar-refractivity contribution in [3.63, 3.8) is 0 Å². The van der Waals surface area contributed by atoms with Crippen molar-refractivity contribution in [2.75, 3.05) is 11.9 Å². The number of anilines is 1. The minimum Gasteiger partial charge on any atom is -0.381 e. The second-order valence-electron chi connectivity index (χ2n) is 7.46. The Morgan fingerprint density at radius 1 is 1.25 bits per heavy atom. The predicted octanol–water partition coefficient (Wildman–Crippen LogP) is 4.62. The molecule has 1 fully saturated rings. The number of halogens is 2. The van der Waals surface area contributed by atoms with E-state index in [2.05, 4.69) is 16.6 Å². The molecule has 2 aromatic carbocycles. The van der Waals surface area contributed by atoms with Gasteiger partial charge in [0.1, 0.15) is 5.82 Å². The zero-order valence-electron chi connectivity index (χ0n) is 15.3. The molecule has 1 saturated carbocycles. The highest BCUT2D eigenvalue weighted by molar-refractivity contribution is 7.89. The summed E-state index contributed by atoms with van der Waals surface area (Å²) in [6.45, 7) is 4.52. The van der Waals surface area contributed by atoms with Gasteiger partial charge in [0.15, 0.2) is 0 Å². The highest BCUT2D eigenvalue weighted by Gasteiger charge is 2.50. The van der Waals surface area contributed by atoms with E-state index < -0.39 is 15.4 Å². The Morgan fingerprint density at radius 2 is 2.00 bits per heavy atom. The van der Waals surface area contributed by atoms with Crippen molar-refractivity contribution in [2.24, 2.45) is 0 Å². The van der Waals surface area contributed by atoms with Crippen LogP contribution in [0.15, 0.2) is 59.5 Å². The average Bonchev–Trinajstić information content (AvgIpc) is 2.97. The van der Waals surface area contributed by atoms with Crippen molar-refractivity contribution in [3.8, 4) is 0 Å². The highest BCUT2D eigenvalue weighted by Crippen LogP contribution is 2.53. The maximum absolute atomic E-state index is 14.0. The van der Waals surface area contributed by atoms with Gasteiger partial charge in [-0.15, -0.1) is 0 Å². The largest absolute Gasteiger partial charge is 0.381 e. The third-order valence-electron chi connectivity index (χ3n) is 5.92. The minimum atomic E-state index is -3.65. The van der Waals surface area contributed by atoms with Crippen molar-refractivity contribution >= 4 is 27.3 Å². The highest BCUT2D eigenvalue weighted by atomic mass is 35.5. The van der Waals surface area contributed by atoms with Crippen LogP contribution in [0.4, 0.5) is 10.1 Å². The fourth-order valence-corrected chi connectivity index (χ4v) is 5.73. The van der Waals surface area contributed by atoms with Gasteiger partial charge in [0.25, 0.3) is 0 Å². The molecule has 4 nitrogen and oxygen atoms in total. The fourth-order valence-electron chi connectivity index (χ4n) is 4.57. The number of rotatable bonds is 5. The van der Waals surface area contributed by atoms with Gasteiger partial charge in [-0.2, -0.15) is 0 Å². The third-order valence-corrected chi connectivity index (χ3v) is 7.65. The molecule has 2 aliphatic rings. The number of hydrogen-bond donors (Lipinski definition) is 2. The van der Waals surface area contributed by atoms with Crippen LogP contribution in [0.5, 0.6) is 0 Å². The summed E-state index contributed by atoms with van der Waals surface area (Å²) in [5, 5.41) is 3.98. The Kier molecular flexibility index (Phi) is 4.98. The van der Waals surface area contributed by atoms with Crippen molar-refractivity contribution in [3.05, 3.63) is 71.0 Å². The Hall–Kier alpha value is -1.89. The van der Waals surface area contributed by atoms with Crippen LogP contribution in [0.25, 0.3) is 0 Å². The summed E-state index contributed by atoms with van der Waals surface area (Å²) in [4.78, 5) is 0.171. The third kappa shape index (κ3) is 3.23. The Morgan fingerprint density at radius 3 is 2.75 bits per heavy atom. The van der Waals surface area contributed by atoms with E-state index in [-0.39, 0.29) is 23.3 Å². The van der Waals surface area contributed by atoms with E-state index in [0.29, 0.717) is 11.4 Å². The van der Waals surface area contributed by atoms with Crippen LogP contribution in [-0.4, -0.2) is 21.0 Å². The summed E-state index contributed by atoms with van der Waals surface area (Å²) < 4.78 is 41.9. The van der Waals surface area contributed by atoms with Crippen LogP contribution >= 0.6 is 11.6 Å². The number of hydrogen-bond acceptors (Lipinski definition) is 3. The van der Waals surface area contributed by atoms with Gasteiger partial charge in [-0.25, -0.2) is 17.5 Å². The van der Waals surface area contributed by atoms with Gasteiger partial charge < -0.3 is 5.32 Å². The molecule has 2 unspecified atom stereocenters. The van der Waals surface area contributed by atoms with Gasteiger partial charge in [-0.3, -0.25) is 0 Å². The molecular formula is C21H22ClFN2O2S. The molecule has 2 atom stereocenters. The van der Waals surface area contributed by atoms with Gasteiger partial charge in [-0.05, 0) is 73.7 Å². The van der Waals surface area contributed by atoms with Crippen molar-refractivity contribution in [1.29, 1.82) is 0 Å². The Balaban J connectivity index is 1.59. The molecule has 1 aliphatic carbocycles. The molecule has 0 aromatic heterocycles. The monoisotopic (exact) mass is 420 g/mol. The number of fused-ring (bicyclic) bond motifs is 3. The van der Waals surface area contributed by atoms with Crippen molar-refractivity contribution < 1.29 is 12.8 Å². The molecule has 4 rings (SSSR count). The SMILES string of the molecule is C=C1CCCC2Nc3ccc(F)cc3C12CCNS(=O)(=O)c1ccc(Cl)cc1. The fraction of sp³-hybridized carbons (Fsp3) is 0.333. The van der Waals surface area contributed by atoms with Gasteiger partial charge in [0.05, 0.1) is 4.90 Å². The van der Waals surface area contributed by atoms with Gasteiger partial charge in [0.2, 0.25) is 10.0 Å².